The van der Waals surface area contributed by atoms with Crippen molar-refractivity contribution in [3.05, 3.63) is 34.9 Å². The maximum absolute atomic E-state index is 11.6. The lowest BCUT2D eigenvalue weighted by Gasteiger charge is -2.24. The fourth-order valence-electron chi connectivity index (χ4n) is 1.99. The number of nitriles is 1. The van der Waals surface area contributed by atoms with Crippen molar-refractivity contribution in [2.75, 3.05) is 6.61 Å². The zero-order valence-corrected chi connectivity index (χ0v) is 9.69. The van der Waals surface area contributed by atoms with Gasteiger partial charge in [0.25, 0.3) is 0 Å². The summed E-state index contributed by atoms with van der Waals surface area (Å²) >= 11 is 0. The normalized spacial score (nSPS) is 18.0. The lowest BCUT2D eigenvalue weighted by molar-refractivity contribution is -0.145. The number of fused-ring (bicyclic) bond motifs is 1. The molecule has 0 saturated heterocycles. The van der Waals surface area contributed by atoms with Gasteiger partial charge in [-0.05, 0) is 36.6 Å². The molecule has 0 aliphatic carbocycles. The number of rotatable bonds is 2. The molecule has 1 atom stereocenters. The lowest BCUT2D eigenvalue weighted by atomic mass is 9.94. The molecule has 1 aromatic carbocycles. The fourth-order valence-corrected chi connectivity index (χ4v) is 1.99. The Balaban J connectivity index is 2.15. The smallest absolute Gasteiger partial charge is 0.323 e. The van der Waals surface area contributed by atoms with Crippen LogP contribution in [0.1, 0.15) is 23.6 Å². The van der Waals surface area contributed by atoms with Crippen molar-refractivity contribution < 1.29 is 9.53 Å². The van der Waals surface area contributed by atoms with Crippen LogP contribution in [-0.4, -0.2) is 18.6 Å². The van der Waals surface area contributed by atoms with Gasteiger partial charge in [0.1, 0.15) is 6.04 Å². The summed E-state index contributed by atoms with van der Waals surface area (Å²) in [6.07, 6.45) is 0.625. The lowest BCUT2D eigenvalue weighted by Crippen LogP contribution is -2.42. The van der Waals surface area contributed by atoms with E-state index < -0.39 is 0 Å². The van der Waals surface area contributed by atoms with E-state index in [0.717, 1.165) is 11.1 Å². The highest BCUT2D eigenvalue weighted by molar-refractivity contribution is 5.76. The van der Waals surface area contributed by atoms with E-state index in [-0.39, 0.29) is 12.0 Å². The third-order valence-corrected chi connectivity index (χ3v) is 2.87. The van der Waals surface area contributed by atoms with Crippen LogP contribution >= 0.6 is 0 Å². The minimum absolute atomic E-state index is 0.206. The molecular formula is C13H14N2O2. The summed E-state index contributed by atoms with van der Waals surface area (Å²) in [6, 6.07) is 7.41. The third kappa shape index (κ3) is 2.45. The number of hydrogen-bond donors (Lipinski definition) is 1. The zero-order chi connectivity index (χ0) is 12.3. The molecule has 0 bridgehead atoms. The fraction of sp³-hybridized carbons (Fsp3) is 0.385. The van der Waals surface area contributed by atoms with Gasteiger partial charge < -0.3 is 10.1 Å². The number of esters is 1. The quantitative estimate of drug-likeness (QED) is 0.774. The van der Waals surface area contributed by atoms with Gasteiger partial charge in [0.2, 0.25) is 0 Å². The zero-order valence-electron chi connectivity index (χ0n) is 9.69. The summed E-state index contributed by atoms with van der Waals surface area (Å²) in [5.41, 5.74) is 2.85. The van der Waals surface area contributed by atoms with Gasteiger partial charge >= 0.3 is 5.97 Å². The number of benzene rings is 1. The summed E-state index contributed by atoms with van der Waals surface area (Å²) < 4.78 is 4.99. The summed E-state index contributed by atoms with van der Waals surface area (Å²) in [5, 5.41) is 11.9. The monoisotopic (exact) mass is 230 g/mol. The van der Waals surface area contributed by atoms with E-state index in [1.54, 1.807) is 13.0 Å². The molecule has 1 aliphatic heterocycles. The second-order valence-electron chi connectivity index (χ2n) is 3.98. The first-order valence-electron chi connectivity index (χ1n) is 5.66. The van der Waals surface area contributed by atoms with Gasteiger partial charge in [0.05, 0.1) is 18.2 Å². The molecule has 2 rings (SSSR count). The summed E-state index contributed by atoms with van der Waals surface area (Å²) in [6.45, 7) is 2.81. The van der Waals surface area contributed by atoms with Gasteiger partial charge in [0, 0.05) is 6.54 Å². The first kappa shape index (κ1) is 11.6. The molecule has 0 radical (unpaired) electrons. The van der Waals surface area contributed by atoms with Crippen molar-refractivity contribution in [2.45, 2.75) is 25.9 Å². The maximum atomic E-state index is 11.6. The van der Waals surface area contributed by atoms with Gasteiger partial charge in [-0.3, -0.25) is 4.79 Å². The molecule has 0 saturated carbocycles. The van der Waals surface area contributed by atoms with E-state index in [9.17, 15) is 4.79 Å². The average molecular weight is 230 g/mol. The minimum Gasteiger partial charge on any atom is -0.465 e. The minimum atomic E-state index is -0.268. The van der Waals surface area contributed by atoms with Crippen LogP contribution in [0.5, 0.6) is 0 Å². The highest BCUT2D eigenvalue weighted by Gasteiger charge is 2.25. The van der Waals surface area contributed by atoms with E-state index in [4.69, 9.17) is 10.00 Å². The number of carbonyl (C=O) groups excluding carboxylic acids is 1. The van der Waals surface area contributed by atoms with E-state index in [0.29, 0.717) is 25.1 Å². The van der Waals surface area contributed by atoms with Crippen molar-refractivity contribution in [1.29, 1.82) is 5.26 Å². The van der Waals surface area contributed by atoms with Crippen molar-refractivity contribution in [1.82, 2.24) is 5.32 Å². The van der Waals surface area contributed by atoms with Crippen LogP contribution in [0.2, 0.25) is 0 Å². The molecule has 4 nitrogen and oxygen atoms in total. The van der Waals surface area contributed by atoms with E-state index in [1.165, 1.54) is 0 Å². The van der Waals surface area contributed by atoms with E-state index in [2.05, 4.69) is 11.4 Å². The highest BCUT2D eigenvalue weighted by atomic mass is 16.5. The molecule has 1 aromatic rings. The molecule has 1 N–H and O–H groups in total. The molecule has 17 heavy (non-hydrogen) atoms. The second kappa shape index (κ2) is 4.98. The summed E-state index contributed by atoms with van der Waals surface area (Å²) in [5.74, 6) is -0.206. The first-order valence-corrected chi connectivity index (χ1v) is 5.66. The van der Waals surface area contributed by atoms with Gasteiger partial charge in [0.15, 0.2) is 0 Å². The van der Waals surface area contributed by atoms with Gasteiger partial charge in [-0.1, -0.05) is 6.07 Å². The molecule has 0 aromatic heterocycles. The Kier molecular flexibility index (Phi) is 3.40. The molecule has 1 heterocycles. The number of carbonyl (C=O) groups is 1. The standard InChI is InChI=1S/C13H14N2O2/c1-2-17-13(16)12-6-10-4-3-9(7-14)5-11(10)8-15-12/h3-5,12,15H,2,6,8H2,1H3. The molecule has 88 valence electrons. The highest BCUT2D eigenvalue weighted by Crippen LogP contribution is 2.18. The molecule has 4 heteroatoms. The van der Waals surface area contributed by atoms with Crippen LogP contribution in [0.3, 0.4) is 0 Å². The predicted octanol–water partition coefficient (Wildman–Crippen LogP) is 1.14. The Hall–Kier alpha value is -1.86. The van der Waals surface area contributed by atoms with Gasteiger partial charge in [-0.2, -0.15) is 5.26 Å². The summed E-state index contributed by atoms with van der Waals surface area (Å²) in [7, 11) is 0. The van der Waals surface area contributed by atoms with Crippen LogP contribution in [0.15, 0.2) is 18.2 Å². The van der Waals surface area contributed by atoms with E-state index in [1.807, 2.05) is 12.1 Å². The van der Waals surface area contributed by atoms with Gasteiger partial charge in [-0.15, -0.1) is 0 Å². The average Bonchev–Trinajstić information content (AvgIpc) is 2.37. The van der Waals surface area contributed by atoms with Crippen LogP contribution in [0.25, 0.3) is 0 Å². The van der Waals surface area contributed by atoms with E-state index >= 15 is 0 Å². The molecular weight excluding hydrogens is 216 g/mol. The van der Waals surface area contributed by atoms with Gasteiger partial charge in [-0.25, -0.2) is 0 Å². The summed E-state index contributed by atoms with van der Waals surface area (Å²) in [4.78, 5) is 11.6. The second-order valence-corrected chi connectivity index (χ2v) is 3.98. The largest absolute Gasteiger partial charge is 0.465 e. The Morgan fingerprint density at radius 2 is 2.41 bits per heavy atom. The van der Waals surface area contributed by atoms with Crippen LogP contribution in [0, 0.1) is 11.3 Å². The Morgan fingerprint density at radius 1 is 1.59 bits per heavy atom. The van der Waals surface area contributed by atoms with Crippen molar-refractivity contribution in [2.24, 2.45) is 0 Å². The van der Waals surface area contributed by atoms with Crippen molar-refractivity contribution >= 4 is 5.97 Å². The molecule has 1 unspecified atom stereocenters. The number of nitrogens with zero attached hydrogens (tertiary/aromatic N) is 1. The molecule has 0 spiro atoms. The van der Waals surface area contributed by atoms with Crippen molar-refractivity contribution in [3.8, 4) is 6.07 Å². The van der Waals surface area contributed by atoms with Crippen LogP contribution in [0.4, 0.5) is 0 Å². The topological polar surface area (TPSA) is 62.1 Å². The number of nitrogens with one attached hydrogen (secondary N) is 1. The molecule has 0 amide bonds. The predicted molar refractivity (Wildman–Crippen MR) is 62.1 cm³/mol. The number of hydrogen-bond acceptors (Lipinski definition) is 4. The van der Waals surface area contributed by atoms with Crippen molar-refractivity contribution in [3.63, 3.8) is 0 Å². The third-order valence-electron chi connectivity index (χ3n) is 2.87. The first-order chi connectivity index (χ1) is 8.24. The Morgan fingerprint density at radius 3 is 3.12 bits per heavy atom. The molecule has 1 aliphatic rings. The SMILES string of the molecule is CCOC(=O)C1Cc2ccc(C#N)cc2CN1. The van der Waals surface area contributed by atoms with Crippen LogP contribution in [-0.2, 0) is 22.5 Å². The van der Waals surface area contributed by atoms with Crippen LogP contribution < -0.4 is 5.32 Å². The number of ether oxygens (including phenoxy) is 1. The Bertz CT molecular complexity index is 477. The maximum Gasteiger partial charge on any atom is 0.323 e. The Labute approximate surface area is 100 Å². The molecule has 0 fully saturated rings.